The Bertz CT molecular complexity index is 586. The molecule has 1 aromatic carbocycles. The van der Waals surface area contributed by atoms with E-state index in [4.69, 9.17) is 14.2 Å². The van der Waals surface area contributed by atoms with E-state index >= 15 is 0 Å². The second-order valence-corrected chi connectivity index (χ2v) is 6.76. The van der Waals surface area contributed by atoms with Crippen molar-refractivity contribution in [2.75, 3.05) is 39.5 Å². The highest BCUT2D eigenvalue weighted by Crippen LogP contribution is 2.18. The number of ether oxygens (including phenoxy) is 3. The summed E-state index contributed by atoms with van der Waals surface area (Å²) in [4.78, 5) is 4.59. The zero-order valence-corrected chi connectivity index (χ0v) is 19.8. The van der Waals surface area contributed by atoms with Gasteiger partial charge in [-0.15, -0.1) is 24.0 Å². The van der Waals surface area contributed by atoms with Crippen molar-refractivity contribution in [3.63, 3.8) is 0 Å². The van der Waals surface area contributed by atoms with Gasteiger partial charge in [-0.2, -0.15) is 0 Å². The van der Waals surface area contributed by atoms with Crippen molar-refractivity contribution in [1.29, 1.82) is 0 Å². The predicted octanol–water partition coefficient (Wildman–Crippen LogP) is 3.74. The van der Waals surface area contributed by atoms with E-state index in [-0.39, 0.29) is 41.6 Å². The van der Waals surface area contributed by atoms with Gasteiger partial charge in [-0.1, -0.05) is 19.1 Å². The molecule has 29 heavy (non-hydrogen) atoms. The van der Waals surface area contributed by atoms with Crippen LogP contribution in [0, 0.1) is 5.82 Å². The monoisotopic (exact) mass is 523 g/mol. The Kier molecular flexibility index (Phi) is 14.0. The third-order valence-corrected chi connectivity index (χ3v) is 4.52. The molecule has 1 fully saturated rings. The third-order valence-electron chi connectivity index (χ3n) is 4.52. The lowest BCUT2D eigenvalue weighted by atomic mass is 10.1. The van der Waals surface area contributed by atoms with E-state index in [1.54, 1.807) is 18.2 Å². The Morgan fingerprint density at radius 3 is 2.69 bits per heavy atom. The molecule has 6 nitrogen and oxygen atoms in total. The fraction of sp³-hybridized carbons (Fsp3) is 0.667. The summed E-state index contributed by atoms with van der Waals surface area (Å²) in [7, 11) is 0. The fourth-order valence-electron chi connectivity index (χ4n) is 2.88. The maximum absolute atomic E-state index is 13.8. The molecule has 1 saturated heterocycles. The molecule has 2 rings (SSSR count). The molecular weight excluding hydrogens is 488 g/mol. The third kappa shape index (κ3) is 10.5. The molecule has 8 heteroatoms. The van der Waals surface area contributed by atoms with E-state index in [2.05, 4.69) is 15.6 Å². The van der Waals surface area contributed by atoms with Crippen molar-refractivity contribution >= 4 is 29.9 Å². The molecule has 0 aromatic heterocycles. The van der Waals surface area contributed by atoms with Crippen LogP contribution < -0.4 is 15.4 Å². The predicted molar refractivity (Wildman–Crippen MR) is 125 cm³/mol. The number of halogens is 2. The second kappa shape index (κ2) is 15.7. The normalized spacial score (nSPS) is 16.0. The van der Waals surface area contributed by atoms with Crippen molar-refractivity contribution in [3.05, 3.63) is 30.1 Å². The van der Waals surface area contributed by atoms with Crippen LogP contribution in [0.4, 0.5) is 4.39 Å². The SMILES string of the molecule is CCNC(=NCC(CC)Oc1ccccc1F)NCCCOC1CCOCC1.I. The molecule has 0 saturated carbocycles. The highest BCUT2D eigenvalue weighted by atomic mass is 127. The molecule has 166 valence electrons. The maximum atomic E-state index is 13.8. The van der Waals surface area contributed by atoms with Crippen molar-refractivity contribution in [2.45, 2.75) is 51.7 Å². The van der Waals surface area contributed by atoms with Crippen LogP contribution in [0.15, 0.2) is 29.3 Å². The Labute approximate surface area is 191 Å². The molecule has 0 bridgehead atoms. The highest BCUT2D eigenvalue weighted by molar-refractivity contribution is 14.0. The van der Waals surface area contributed by atoms with Crippen molar-refractivity contribution in [2.24, 2.45) is 4.99 Å². The molecule has 1 heterocycles. The topological polar surface area (TPSA) is 64.1 Å². The minimum Gasteiger partial charge on any atom is -0.485 e. The molecule has 1 aliphatic rings. The smallest absolute Gasteiger partial charge is 0.191 e. The first-order valence-corrected chi connectivity index (χ1v) is 10.4. The number of benzene rings is 1. The lowest BCUT2D eigenvalue weighted by Gasteiger charge is -2.22. The van der Waals surface area contributed by atoms with Gasteiger partial charge < -0.3 is 24.8 Å². The van der Waals surface area contributed by atoms with Gasteiger partial charge in [0.25, 0.3) is 0 Å². The first kappa shape index (κ1) is 25.9. The number of guanidine groups is 1. The van der Waals surface area contributed by atoms with Crippen LogP contribution in [0.3, 0.4) is 0 Å². The molecular formula is C21H35FIN3O3. The summed E-state index contributed by atoms with van der Waals surface area (Å²) in [6.45, 7) is 8.37. The van der Waals surface area contributed by atoms with Gasteiger partial charge >= 0.3 is 0 Å². The zero-order valence-electron chi connectivity index (χ0n) is 17.5. The Balaban J connectivity index is 0.00000420. The maximum Gasteiger partial charge on any atom is 0.191 e. The zero-order chi connectivity index (χ0) is 20.0. The lowest BCUT2D eigenvalue weighted by Crippen LogP contribution is -2.39. The van der Waals surface area contributed by atoms with Gasteiger partial charge in [0, 0.05) is 32.9 Å². The Morgan fingerprint density at radius 1 is 1.24 bits per heavy atom. The van der Waals surface area contributed by atoms with E-state index < -0.39 is 0 Å². The molecule has 0 amide bonds. The van der Waals surface area contributed by atoms with Crippen LogP contribution in [0.2, 0.25) is 0 Å². The van der Waals surface area contributed by atoms with Gasteiger partial charge in [0.1, 0.15) is 6.10 Å². The molecule has 0 aliphatic carbocycles. The Hall–Kier alpha value is -1.13. The second-order valence-electron chi connectivity index (χ2n) is 6.76. The summed E-state index contributed by atoms with van der Waals surface area (Å²) in [5, 5.41) is 6.55. The first-order chi connectivity index (χ1) is 13.7. The standard InChI is InChI=1S/C21H34FN3O3.HI/c1-3-17(28-20-9-6-5-8-19(20)22)16-25-21(23-4-2)24-12-7-13-27-18-10-14-26-15-11-18;/h5-6,8-9,17-18H,3-4,7,10-16H2,1-2H3,(H2,23,24,25);1H. The summed E-state index contributed by atoms with van der Waals surface area (Å²) in [5.74, 6) is 0.663. The summed E-state index contributed by atoms with van der Waals surface area (Å²) in [6, 6.07) is 6.46. The van der Waals surface area contributed by atoms with Gasteiger partial charge in [-0.3, -0.25) is 0 Å². The molecule has 1 atom stereocenters. The van der Waals surface area contributed by atoms with Crippen LogP contribution in [-0.2, 0) is 9.47 Å². The summed E-state index contributed by atoms with van der Waals surface area (Å²) < 4.78 is 30.8. The molecule has 0 spiro atoms. The van der Waals surface area contributed by atoms with Crippen LogP contribution >= 0.6 is 24.0 Å². The van der Waals surface area contributed by atoms with Crippen molar-refractivity contribution in [1.82, 2.24) is 10.6 Å². The van der Waals surface area contributed by atoms with Crippen LogP contribution in [0.25, 0.3) is 0 Å². The minimum atomic E-state index is -0.348. The van der Waals surface area contributed by atoms with Crippen molar-refractivity contribution < 1.29 is 18.6 Å². The number of nitrogens with one attached hydrogen (secondary N) is 2. The van der Waals surface area contributed by atoms with Crippen molar-refractivity contribution in [3.8, 4) is 5.75 Å². The van der Waals surface area contributed by atoms with E-state index in [0.29, 0.717) is 12.6 Å². The highest BCUT2D eigenvalue weighted by Gasteiger charge is 2.14. The Morgan fingerprint density at radius 2 is 2.00 bits per heavy atom. The van der Waals surface area contributed by atoms with Crippen LogP contribution in [0.1, 0.15) is 39.5 Å². The first-order valence-electron chi connectivity index (χ1n) is 10.4. The fourth-order valence-corrected chi connectivity index (χ4v) is 2.88. The lowest BCUT2D eigenvalue weighted by molar-refractivity contribution is -0.0320. The molecule has 1 unspecified atom stereocenters. The number of nitrogens with zero attached hydrogens (tertiary/aromatic N) is 1. The van der Waals surface area contributed by atoms with Gasteiger partial charge in [-0.25, -0.2) is 9.38 Å². The van der Waals surface area contributed by atoms with E-state index in [0.717, 1.165) is 64.6 Å². The van der Waals surface area contributed by atoms with Gasteiger partial charge in [0.2, 0.25) is 0 Å². The number of hydrogen-bond acceptors (Lipinski definition) is 4. The number of hydrogen-bond donors (Lipinski definition) is 2. The van der Waals surface area contributed by atoms with E-state index in [9.17, 15) is 4.39 Å². The summed E-state index contributed by atoms with van der Waals surface area (Å²) in [5.41, 5.74) is 0. The molecule has 2 N–H and O–H groups in total. The molecule has 0 radical (unpaired) electrons. The van der Waals surface area contributed by atoms with E-state index in [1.165, 1.54) is 6.07 Å². The van der Waals surface area contributed by atoms with Gasteiger partial charge in [-0.05, 0) is 44.7 Å². The van der Waals surface area contributed by atoms with Crippen LogP contribution in [-0.4, -0.2) is 57.6 Å². The van der Waals surface area contributed by atoms with Gasteiger partial charge in [0.05, 0.1) is 12.6 Å². The van der Waals surface area contributed by atoms with E-state index in [1.807, 2.05) is 13.8 Å². The minimum absolute atomic E-state index is 0. The molecule has 1 aliphatic heterocycles. The quantitative estimate of drug-likeness (QED) is 0.200. The molecule has 1 aromatic rings. The van der Waals surface area contributed by atoms with Gasteiger partial charge in [0.15, 0.2) is 17.5 Å². The number of para-hydroxylation sites is 1. The average molecular weight is 523 g/mol. The number of rotatable bonds is 11. The summed E-state index contributed by atoms with van der Waals surface area (Å²) >= 11 is 0. The van der Waals surface area contributed by atoms with Crippen LogP contribution in [0.5, 0.6) is 5.75 Å². The largest absolute Gasteiger partial charge is 0.485 e. The summed E-state index contributed by atoms with van der Waals surface area (Å²) in [6.07, 6.45) is 3.78. The average Bonchev–Trinajstić information content (AvgIpc) is 2.72. The number of aliphatic imine (C=N–C) groups is 1.